The topological polar surface area (TPSA) is 93.0 Å². The molecule has 1 aliphatic rings. The molecule has 1 aliphatic heterocycles. The highest BCUT2D eigenvalue weighted by Crippen LogP contribution is 2.21. The molecular weight excluding hydrogens is 394 g/mol. The Bertz CT molecular complexity index is 852. The second kappa shape index (κ2) is 9.92. The van der Waals surface area contributed by atoms with Gasteiger partial charge in [0.05, 0.1) is 10.7 Å². The minimum absolute atomic E-state index is 0.00474. The van der Waals surface area contributed by atoms with Crippen molar-refractivity contribution in [1.82, 2.24) is 4.90 Å². The summed E-state index contributed by atoms with van der Waals surface area (Å²) in [7, 11) is 0. The maximum absolute atomic E-state index is 12.3. The van der Waals surface area contributed by atoms with Crippen LogP contribution in [0.4, 0.5) is 11.4 Å². The number of amides is 1. The number of nitro benzene ring substituents is 1. The van der Waals surface area contributed by atoms with Crippen LogP contribution in [-0.4, -0.2) is 60.2 Å². The quantitative estimate of drug-likeness (QED) is 0.297. The summed E-state index contributed by atoms with van der Waals surface area (Å²) in [6.07, 6.45) is 0. The van der Waals surface area contributed by atoms with Crippen molar-refractivity contribution < 1.29 is 19.2 Å². The van der Waals surface area contributed by atoms with Gasteiger partial charge < -0.3 is 14.5 Å². The largest absolute Gasteiger partial charge is 0.455 e. The fraction of sp³-hybridized carbons (Fsp3) is 0.300. The van der Waals surface area contributed by atoms with Crippen molar-refractivity contribution in [1.29, 1.82) is 0 Å². The van der Waals surface area contributed by atoms with E-state index in [1.165, 1.54) is 23.9 Å². The molecule has 0 N–H and O–H groups in total. The number of piperazine rings is 1. The van der Waals surface area contributed by atoms with E-state index >= 15 is 0 Å². The van der Waals surface area contributed by atoms with Crippen LogP contribution in [0, 0.1) is 10.1 Å². The Morgan fingerprint density at radius 1 is 1.00 bits per heavy atom. The number of carbonyl (C=O) groups is 2. The second-order valence-corrected chi connectivity index (χ2v) is 7.45. The molecule has 3 rings (SSSR count). The van der Waals surface area contributed by atoms with Crippen LogP contribution in [0.25, 0.3) is 0 Å². The Labute approximate surface area is 172 Å². The highest BCUT2D eigenvalue weighted by atomic mass is 32.2. The van der Waals surface area contributed by atoms with Crippen molar-refractivity contribution >= 4 is 35.0 Å². The van der Waals surface area contributed by atoms with E-state index in [0.29, 0.717) is 13.1 Å². The molecule has 9 heteroatoms. The van der Waals surface area contributed by atoms with E-state index in [-0.39, 0.29) is 24.0 Å². The van der Waals surface area contributed by atoms with Crippen molar-refractivity contribution in [3.05, 3.63) is 64.7 Å². The Kier molecular flexibility index (Phi) is 7.07. The van der Waals surface area contributed by atoms with Crippen molar-refractivity contribution in [3.63, 3.8) is 0 Å². The van der Waals surface area contributed by atoms with E-state index in [1.54, 1.807) is 17.0 Å². The smallest absolute Gasteiger partial charge is 0.316 e. The van der Waals surface area contributed by atoms with Gasteiger partial charge in [0.25, 0.3) is 11.6 Å². The van der Waals surface area contributed by atoms with Gasteiger partial charge in [-0.2, -0.15) is 0 Å². The molecule has 1 fully saturated rings. The lowest BCUT2D eigenvalue weighted by Gasteiger charge is -2.36. The predicted molar refractivity (Wildman–Crippen MR) is 110 cm³/mol. The molecule has 0 unspecified atom stereocenters. The number of non-ortho nitro benzene ring substituents is 1. The van der Waals surface area contributed by atoms with Gasteiger partial charge in [0, 0.05) is 48.9 Å². The number of anilines is 1. The molecule has 0 spiro atoms. The summed E-state index contributed by atoms with van der Waals surface area (Å²) in [6, 6.07) is 15.9. The fourth-order valence-electron chi connectivity index (χ4n) is 2.93. The average Bonchev–Trinajstić information content (AvgIpc) is 2.77. The van der Waals surface area contributed by atoms with Crippen molar-refractivity contribution in [2.75, 3.05) is 43.4 Å². The number of benzene rings is 2. The van der Waals surface area contributed by atoms with Gasteiger partial charge in [-0.1, -0.05) is 18.2 Å². The standard InChI is InChI=1S/C20H21N3O5S/c24-19(22-12-10-21(11-13-22)16-4-2-1-3-5-16)14-28-20(25)15-29-18-8-6-17(7-9-18)23(26)27/h1-9H,10-15H2. The Morgan fingerprint density at radius 3 is 2.28 bits per heavy atom. The molecule has 1 amide bonds. The van der Waals surface area contributed by atoms with Crippen molar-refractivity contribution in [2.45, 2.75) is 4.90 Å². The van der Waals surface area contributed by atoms with E-state index in [4.69, 9.17) is 4.74 Å². The minimum Gasteiger partial charge on any atom is -0.455 e. The lowest BCUT2D eigenvalue weighted by molar-refractivity contribution is -0.384. The minimum atomic E-state index is -0.496. The number of hydrogen-bond acceptors (Lipinski definition) is 7. The number of rotatable bonds is 7. The SMILES string of the molecule is O=C(CSc1ccc([N+](=O)[O-])cc1)OCC(=O)N1CCN(c2ccccc2)CC1. The molecule has 0 saturated carbocycles. The monoisotopic (exact) mass is 415 g/mol. The summed E-state index contributed by atoms with van der Waals surface area (Å²) in [4.78, 5) is 39.0. The van der Waals surface area contributed by atoms with Crippen LogP contribution >= 0.6 is 11.8 Å². The molecule has 0 bridgehead atoms. The van der Waals surface area contributed by atoms with E-state index in [2.05, 4.69) is 4.90 Å². The van der Waals surface area contributed by atoms with E-state index < -0.39 is 10.9 Å². The van der Waals surface area contributed by atoms with Crippen LogP contribution in [-0.2, 0) is 14.3 Å². The van der Waals surface area contributed by atoms with Gasteiger partial charge >= 0.3 is 5.97 Å². The van der Waals surface area contributed by atoms with Gasteiger partial charge in [0.2, 0.25) is 0 Å². The Hall–Kier alpha value is -3.07. The van der Waals surface area contributed by atoms with Crippen LogP contribution in [0.5, 0.6) is 0 Å². The van der Waals surface area contributed by atoms with Crippen LogP contribution in [0.1, 0.15) is 0 Å². The predicted octanol–water partition coefficient (Wildman–Crippen LogP) is 2.58. The zero-order valence-electron chi connectivity index (χ0n) is 15.7. The molecular formula is C20H21N3O5S. The molecule has 2 aromatic rings. The van der Waals surface area contributed by atoms with Gasteiger partial charge in [-0.15, -0.1) is 11.8 Å². The maximum atomic E-state index is 12.3. The number of ether oxygens (including phenoxy) is 1. The summed E-state index contributed by atoms with van der Waals surface area (Å²) >= 11 is 1.21. The van der Waals surface area contributed by atoms with Crippen molar-refractivity contribution in [2.24, 2.45) is 0 Å². The third-order valence-electron chi connectivity index (χ3n) is 4.51. The zero-order valence-corrected chi connectivity index (χ0v) is 16.5. The van der Waals surface area contributed by atoms with Gasteiger partial charge in [-0.25, -0.2) is 0 Å². The van der Waals surface area contributed by atoms with Crippen molar-refractivity contribution in [3.8, 4) is 0 Å². The van der Waals surface area contributed by atoms with E-state index in [1.807, 2.05) is 30.3 Å². The average molecular weight is 415 g/mol. The molecule has 0 aromatic heterocycles. The third kappa shape index (κ3) is 5.95. The van der Waals surface area contributed by atoms with Crippen LogP contribution in [0.3, 0.4) is 0 Å². The molecule has 0 atom stereocenters. The summed E-state index contributed by atoms with van der Waals surface area (Å²) in [5.74, 6) is -0.664. The van der Waals surface area contributed by atoms with Crippen LogP contribution < -0.4 is 4.90 Å². The first-order valence-electron chi connectivity index (χ1n) is 9.13. The van der Waals surface area contributed by atoms with E-state index in [9.17, 15) is 19.7 Å². The highest BCUT2D eigenvalue weighted by molar-refractivity contribution is 8.00. The van der Waals surface area contributed by atoms with Gasteiger partial charge in [-0.3, -0.25) is 19.7 Å². The normalized spacial score (nSPS) is 13.8. The number of hydrogen-bond donors (Lipinski definition) is 0. The highest BCUT2D eigenvalue weighted by Gasteiger charge is 2.22. The Balaban J connectivity index is 1.37. The lowest BCUT2D eigenvalue weighted by Crippen LogP contribution is -2.49. The first-order chi connectivity index (χ1) is 14.0. The first-order valence-corrected chi connectivity index (χ1v) is 10.1. The number of thioether (sulfide) groups is 1. The number of nitrogens with zero attached hydrogens (tertiary/aromatic N) is 3. The number of para-hydroxylation sites is 1. The third-order valence-corrected chi connectivity index (χ3v) is 5.50. The van der Waals surface area contributed by atoms with Crippen LogP contribution in [0.2, 0.25) is 0 Å². The summed E-state index contributed by atoms with van der Waals surface area (Å²) in [5, 5.41) is 10.6. The summed E-state index contributed by atoms with van der Waals surface area (Å²) in [6.45, 7) is 2.37. The molecule has 1 heterocycles. The zero-order chi connectivity index (χ0) is 20.6. The lowest BCUT2D eigenvalue weighted by atomic mass is 10.2. The number of esters is 1. The Morgan fingerprint density at radius 2 is 1.66 bits per heavy atom. The maximum Gasteiger partial charge on any atom is 0.316 e. The van der Waals surface area contributed by atoms with Gasteiger partial charge in [0.1, 0.15) is 0 Å². The summed E-state index contributed by atoms with van der Waals surface area (Å²) < 4.78 is 5.08. The number of nitro groups is 1. The summed E-state index contributed by atoms with van der Waals surface area (Å²) in [5.41, 5.74) is 1.13. The van der Waals surface area contributed by atoms with E-state index in [0.717, 1.165) is 23.7 Å². The first kappa shape index (κ1) is 20.7. The van der Waals surface area contributed by atoms with Gasteiger partial charge in [-0.05, 0) is 24.3 Å². The molecule has 0 aliphatic carbocycles. The fourth-order valence-corrected chi connectivity index (χ4v) is 3.63. The van der Waals surface area contributed by atoms with Crippen LogP contribution in [0.15, 0.2) is 59.5 Å². The molecule has 1 saturated heterocycles. The number of carbonyl (C=O) groups excluding carboxylic acids is 2. The molecule has 29 heavy (non-hydrogen) atoms. The molecule has 152 valence electrons. The molecule has 0 radical (unpaired) electrons. The molecule has 2 aromatic carbocycles. The molecule has 8 nitrogen and oxygen atoms in total. The second-order valence-electron chi connectivity index (χ2n) is 6.40. The van der Waals surface area contributed by atoms with Gasteiger partial charge in [0.15, 0.2) is 6.61 Å².